The number of ether oxygens (including phenoxy) is 2. The van der Waals surface area contributed by atoms with Crippen molar-refractivity contribution in [1.29, 1.82) is 0 Å². The van der Waals surface area contributed by atoms with Crippen LogP contribution in [0.3, 0.4) is 0 Å². The van der Waals surface area contributed by atoms with Crippen molar-refractivity contribution in [3.63, 3.8) is 0 Å². The number of methoxy groups -OCH3 is 1. The van der Waals surface area contributed by atoms with E-state index in [-0.39, 0.29) is 12.6 Å². The molecular weight excluding hydrogens is 374 g/mol. The summed E-state index contributed by atoms with van der Waals surface area (Å²) < 4.78 is 10.2. The van der Waals surface area contributed by atoms with Crippen molar-refractivity contribution >= 4 is 23.6 Å². The highest BCUT2D eigenvalue weighted by Crippen LogP contribution is 2.16. The number of carbonyl (C=O) groups excluding carboxylic acids is 3. The first-order valence-corrected chi connectivity index (χ1v) is 9.06. The van der Waals surface area contributed by atoms with E-state index in [1.807, 2.05) is 31.2 Å². The molecule has 29 heavy (non-hydrogen) atoms. The number of carbonyl (C=O) groups is 3. The van der Waals surface area contributed by atoms with Crippen LogP contribution in [0.25, 0.3) is 0 Å². The highest BCUT2D eigenvalue weighted by atomic mass is 16.5. The first kappa shape index (κ1) is 21.7. The van der Waals surface area contributed by atoms with Gasteiger partial charge in [-0.3, -0.25) is 9.59 Å². The van der Waals surface area contributed by atoms with Gasteiger partial charge >= 0.3 is 12.0 Å². The van der Waals surface area contributed by atoms with Crippen LogP contribution in [0, 0.1) is 6.92 Å². The zero-order chi connectivity index (χ0) is 21.2. The Labute approximate surface area is 169 Å². The molecule has 0 bridgehead atoms. The maximum atomic E-state index is 12.3. The number of anilines is 1. The van der Waals surface area contributed by atoms with E-state index in [0.717, 1.165) is 11.3 Å². The summed E-state index contributed by atoms with van der Waals surface area (Å²) in [5, 5.41) is 5.20. The van der Waals surface area contributed by atoms with Crippen molar-refractivity contribution in [3.05, 3.63) is 59.7 Å². The second-order valence-corrected chi connectivity index (χ2v) is 6.30. The number of nitrogens with zero attached hydrogens (tertiary/aromatic N) is 1. The number of amides is 3. The molecule has 154 valence electrons. The second kappa shape index (κ2) is 10.7. The monoisotopic (exact) mass is 399 g/mol. The third-order valence-electron chi connectivity index (χ3n) is 4.14. The third-order valence-corrected chi connectivity index (χ3v) is 4.14. The molecule has 0 aliphatic rings. The minimum atomic E-state index is -0.531. The molecule has 3 amide bonds. The van der Waals surface area contributed by atoms with Crippen molar-refractivity contribution in [2.45, 2.75) is 6.92 Å². The van der Waals surface area contributed by atoms with Crippen molar-refractivity contribution in [1.82, 2.24) is 10.2 Å². The van der Waals surface area contributed by atoms with E-state index in [2.05, 4.69) is 15.4 Å². The summed E-state index contributed by atoms with van der Waals surface area (Å²) in [7, 11) is 2.92. The third kappa shape index (κ3) is 6.84. The van der Waals surface area contributed by atoms with Gasteiger partial charge in [-0.15, -0.1) is 0 Å². The smallest absolute Gasteiger partial charge is 0.325 e. The molecular formula is C21H25N3O5. The molecule has 0 unspecified atom stereocenters. The second-order valence-electron chi connectivity index (χ2n) is 6.30. The van der Waals surface area contributed by atoms with Crippen LogP contribution in [0.1, 0.15) is 15.9 Å². The lowest BCUT2D eigenvalue weighted by atomic mass is 10.2. The molecule has 0 saturated heterocycles. The molecule has 0 heterocycles. The van der Waals surface area contributed by atoms with Gasteiger partial charge in [0, 0.05) is 18.3 Å². The number of hydrogen-bond acceptors (Lipinski definition) is 5. The molecule has 0 atom stereocenters. The maximum Gasteiger partial charge on any atom is 0.325 e. The van der Waals surface area contributed by atoms with Crippen LogP contribution in [-0.2, 0) is 9.53 Å². The minimum Gasteiger partial charge on any atom is -0.491 e. The number of likely N-dealkylation sites (N-methyl/N-ethyl adjacent to an activating group) is 1. The number of benzene rings is 2. The van der Waals surface area contributed by atoms with E-state index < -0.39 is 11.9 Å². The molecule has 0 fully saturated rings. The summed E-state index contributed by atoms with van der Waals surface area (Å²) in [5.41, 5.74) is 1.95. The number of nitrogens with one attached hydrogen (secondary N) is 2. The Balaban J connectivity index is 1.79. The number of rotatable bonds is 8. The van der Waals surface area contributed by atoms with Crippen LogP contribution in [0.4, 0.5) is 10.5 Å². The molecule has 0 saturated carbocycles. The van der Waals surface area contributed by atoms with Gasteiger partial charge < -0.3 is 25.0 Å². The van der Waals surface area contributed by atoms with Crippen molar-refractivity contribution in [3.8, 4) is 5.75 Å². The largest absolute Gasteiger partial charge is 0.491 e. The summed E-state index contributed by atoms with van der Waals surface area (Å²) >= 11 is 0. The quantitative estimate of drug-likeness (QED) is 0.665. The zero-order valence-electron chi connectivity index (χ0n) is 16.7. The van der Waals surface area contributed by atoms with Gasteiger partial charge in [0.2, 0.25) is 0 Å². The highest BCUT2D eigenvalue weighted by Gasteiger charge is 2.11. The normalized spacial score (nSPS) is 10.0. The molecule has 0 aliphatic carbocycles. The van der Waals surface area contributed by atoms with E-state index in [9.17, 15) is 14.4 Å². The van der Waals surface area contributed by atoms with Gasteiger partial charge in [-0.2, -0.15) is 0 Å². The van der Waals surface area contributed by atoms with Gasteiger partial charge in [0.25, 0.3) is 5.91 Å². The SMILES string of the molecule is COC(=O)CNC(=O)c1ccc(NC(=O)N(C)CCOc2ccccc2C)cc1. The lowest BCUT2D eigenvalue weighted by Gasteiger charge is -2.18. The molecule has 8 nitrogen and oxygen atoms in total. The maximum absolute atomic E-state index is 12.3. The number of para-hydroxylation sites is 1. The summed E-state index contributed by atoms with van der Waals surface area (Å²) in [6.07, 6.45) is 0. The van der Waals surface area contributed by atoms with E-state index >= 15 is 0 Å². The van der Waals surface area contributed by atoms with Crippen molar-refractivity contribution in [2.24, 2.45) is 0 Å². The molecule has 0 spiro atoms. The first-order valence-electron chi connectivity index (χ1n) is 9.06. The van der Waals surface area contributed by atoms with Crippen LogP contribution in [0.5, 0.6) is 5.75 Å². The first-order chi connectivity index (χ1) is 13.9. The molecule has 0 radical (unpaired) electrons. The van der Waals surface area contributed by atoms with Crippen LogP contribution in [0.15, 0.2) is 48.5 Å². The number of aryl methyl sites for hydroxylation is 1. The molecule has 2 aromatic rings. The summed E-state index contributed by atoms with van der Waals surface area (Å²) in [6, 6.07) is 13.7. The van der Waals surface area contributed by atoms with Gasteiger partial charge in [0.1, 0.15) is 18.9 Å². The molecule has 0 aliphatic heterocycles. The van der Waals surface area contributed by atoms with Crippen molar-refractivity contribution < 1.29 is 23.9 Å². The number of hydrogen-bond donors (Lipinski definition) is 2. The van der Waals surface area contributed by atoms with Gasteiger partial charge in [-0.25, -0.2) is 4.79 Å². The van der Waals surface area contributed by atoms with E-state index in [1.165, 1.54) is 12.0 Å². The molecule has 2 aromatic carbocycles. The Morgan fingerprint density at radius 2 is 1.72 bits per heavy atom. The predicted molar refractivity (Wildman–Crippen MR) is 109 cm³/mol. The summed E-state index contributed by atoms with van der Waals surface area (Å²) in [4.78, 5) is 36.8. The lowest BCUT2D eigenvalue weighted by Crippen LogP contribution is -2.34. The van der Waals surface area contributed by atoms with Crippen LogP contribution in [0.2, 0.25) is 0 Å². The summed E-state index contributed by atoms with van der Waals surface area (Å²) in [6.45, 7) is 2.54. The van der Waals surface area contributed by atoms with Gasteiger partial charge in [0.15, 0.2) is 0 Å². The van der Waals surface area contributed by atoms with Gasteiger partial charge in [0.05, 0.1) is 13.7 Å². The Hall–Kier alpha value is -3.55. The van der Waals surface area contributed by atoms with Gasteiger partial charge in [-0.1, -0.05) is 18.2 Å². The van der Waals surface area contributed by atoms with E-state index in [1.54, 1.807) is 31.3 Å². The average Bonchev–Trinajstić information content (AvgIpc) is 2.73. The van der Waals surface area contributed by atoms with E-state index in [4.69, 9.17) is 4.74 Å². The van der Waals surface area contributed by atoms with E-state index in [0.29, 0.717) is 24.4 Å². The molecule has 8 heteroatoms. The van der Waals surface area contributed by atoms with Crippen LogP contribution in [-0.4, -0.2) is 56.7 Å². The van der Waals surface area contributed by atoms with Crippen LogP contribution >= 0.6 is 0 Å². The predicted octanol–water partition coefficient (Wildman–Crippen LogP) is 2.44. The zero-order valence-corrected chi connectivity index (χ0v) is 16.7. The fourth-order valence-electron chi connectivity index (χ4n) is 2.36. The lowest BCUT2D eigenvalue weighted by molar-refractivity contribution is -0.139. The highest BCUT2D eigenvalue weighted by molar-refractivity contribution is 5.96. The Morgan fingerprint density at radius 3 is 2.38 bits per heavy atom. The topological polar surface area (TPSA) is 97.0 Å². The van der Waals surface area contributed by atoms with Gasteiger partial charge in [-0.05, 0) is 42.8 Å². The standard InChI is InChI=1S/C21H25N3O5/c1-15-6-4-5-7-18(15)29-13-12-24(2)21(27)23-17-10-8-16(9-11-17)20(26)22-14-19(25)28-3/h4-11H,12-14H2,1-3H3,(H,22,26)(H,23,27). The fourth-order valence-corrected chi connectivity index (χ4v) is 2.36. The average molecular weight is 399 g/mol. The number of esters is 1. The number of urea groups is 1. The molecule has 2 N–H and O–H groups in total. The Kier molecular flexibility index (Phi) is 8.02. The Bertz CT molecular complexity index is 852. The Morgan fingerprint density at radius 1 is 1.03 bits per heavy atom. The van der Waals surface area contributed by atoms with Crippen LogP contribution < -0.4 is 15.4 Å². The fraction of sp³-hybridized carbons (Fsp3) is 0.286. The molecule has 0 aromatic heterocycles. The summed E-state index contributed by atoms with van der Waals surface area (Å²) in [5.74, 6) is -0.141. The molecule has 2 rings (SSSR count). The minimum absolute atomic E-state index is 0.205. The van der Waals surface area contributed by atoms with Crippen molar-refractivity contribution in [2.75, 3.05) is 39.2 Å².